The number of aliphatic hydroxyl groups excluding tert-OH is 1. The number of hydrogen-bond donors (Lipinski definition) is 2. The Balaban J connectivity index is 1.59. The zero-order chi connectivity index (χ0) is 19.7. The van der Waals surface area contributed by atoms with Crippen molar-refractivity contribution in [2.24, 2.45) is 0 Å². The van der Waals surface area contributed by atoms with E-state index in [0.717, 1.165) is 12.1 Å². The van der Waals surface area contributed by atoms with Crippen LogP contribution in [0.2, 0.25) is 0 Å². The van der Waals surface area contributed by atoms with Crippen LogP contribution >= 0.6 is 0 Å². The van der Waals surface area contributed by atoms with Gasteiger partial charge in [0, 0.05) is 19.6 Å². The van der Waals surface area contributed by atoms with Crippen molar-refractivity contribution in [1.29, 1.82) is 0 Å². The molecule has 1 heterocycles. The van der Waals surface area contributed by atoms with E-state index in [0.29, 0.717) is 43.6 Å². The van der Waals surface area contributed by atoms with Crippen LogP contribution in [-0.2, 0) is 11.8 Å². The molecule has 2 N–H and O–H groups in total. The summed E-state index contributed by atoms with van der Waals surface area (Å²) in [4.78, 5) is 1.98. The van der Waals surface area contributed by atoms with Crippen molar-refractivity contribution in [1.82, 2.24) is 4.90 Å². The highest BCUT2D eigenvalue weighted by atomic mass is 19.4. The molecule has 0 aromatic heterocycles. The van der Waals surface area contributed by atoms with Crippen LogP contribution in [0, 0.1) is 5.82 Å². The van der Waals surface area contributed by atoms with Gasteiger partial charge in [-0.3, -0.25) is 0 Å². The molecule has 1 fully saturated rings. The molecule has 1 atom stereocenters. The monoisotopic (exact) mass is 383 g/mol. The van der Waals surface area contributed by atoms with Crippen LogP contribution in [0.25, 0.3) is 0 Å². The first-order valence-electron chi connectivity index (χ1n) is 8.73. The Morgan fingerprint density at radius 1 is 0.963 bits per heavy atom. The number of β-amino-alcohol motifs (C(OH)–C–C–N with tert-alkyl or cyclic N) is 1. The Morgan fingerprint density at radius 2 is 1.52 bits per heavy atom. The molecular weight excluding hydrogens is 362 g/mol. The summed E-state index contributed by atoms with van der Waals surface area (Å²) in [6.45, 7) is 1.33. The number of halogens is 4. The number of nitrogens with zero attached hydrogens (tertiary/aromatic N) is 1. The number of benzene rings is 2. The maximum absolute atomic E-state index is 13.0. The van der Waals surface area contributed by atoms with Gasteiger partial charge in [-0.1, -0.05) is 24.3 Å². The van der Waals surface area contributed by atoms with E-state index in [1.165, 1.54) is 36.4 Å². The Hall–Kier alpha value is -1.96. The third kappa shape index (κ3) is 4.66. The van der Waals surface area contributed by atoms with Crippen LogP contribution in [0.1, 0.15) is 35.6 Å². The smallest absolute Gasteiger partial charge is 0.387 e. The number of alkyl halides is 3. The fourth-order valence-electron chi connectivity index (χ4n) is 3.40. The summed E-state index contributed by atoms with van der Waals surface area (Å²) in [5, 5.41) is 21.1. The third-order valence-corrected chi connectivity index (χ3v) is 5.12. The molecule has 1 aliphatic rings. The molecule has 146 valence electrons. The lowest BCUT2D eigenvalue weighted by molar-refractivity contribution is -0.137. The third-order valence-electron chi connectivity index (χ3n) is 5.12. The largest absolute Gasteiger partial charge is 0.416 e. The summed E-state index contributed by atoms with van der Waals surface area (Å²) in [6, 6.07) is 10.3. The van der Waals surface area contributed by atoms with Gasteiger partial charge in [0.2, 0.25) is 0 Å². The van der Waals surface area contributed by atoms with Crippen molar-refractivity contribution < 1.29 is 27.8 Å². The Labute approximate surface area is 154 Å². The highest BCUT2D eigenvalue weighted by molar-refractivity contribution is 5.29. The van der Waals surface area contributed by atoms with Gasteiger partial charge in [0.05, 0.1) is 17.3 Å². The van der Waals surface area contributed by atoms with Crippen LogP contribution in [0.4, 0.5) is 17.6 Å². The van der Waals surface area contributed by atoms with Crippen LogP contribution < -0.4 is 0 Å². The van der Waals surface area contributed by atoms with E-state index in [1.807, 2.05) is 4.90 Å². The molecule has 27 heavy (non-hydrogen) atoms. The van der Waals surface area contributed by atoms with Gasteiger partial charge in [0.15, 0.2) is 0 Å². The molecule has 0 spiro atoms. The van der Waals surface area contributed by atoms with Crippen molar-refractivity contribution in [3.8, 4) is 0 Å². The standard InChI is InChI=1S/C20H21F4NO2/c21-17-7-1-14(2-8-17)18(26)13-25-11-9-19(27,10-12-25)15-3-5-16(6-4-15)20(22,23)24/h1-8,18,26-27H,9-13H2/t18-/m1/s1. The quantitative estimate of drug-likeness (QED) is 0.788. The molecule has 2 aromatic rings. The molecule has 1 saturated heterocycles. The molecule has 0 radical (unpaired) electrons. The zero-order valence-electron chi connectivity index (χ0n) is 14.6. The summed E-state index contributed by atoms with van der Waals surface area (Å²) in [7, 11) is 0. The lowest BCUT2D eigenvalue weighted by atomic mass is 9.84. The first-order valence-corrected chi connectivity index (χ1v) is 8.73. The van der Waals surface area contributed by atoms with Crippen molar-refractivity contribution >= 4 is 0 Å². The van der Waals surface area contributed by atoms with Crippen molar-refractivity contribution in [2.45, 2.75) is 30.7 Å². The molecule has 0 bridgehead atoms. The van der Waals surface area contributed by atoms with E-state index in [2.05, 4.69) is 0 Å². The minimum absolute atomic E-state index is 0.342. The van der Waals surface area contributed by atoms with Crippen molar-refractivity contribution in [3.63, 3.8) is 0 Å². The predicted octanol–water partition coefficient (Wildman–Crippen LogP) is 3.86. The zero-order valence-corrected chi connectivity index (χ0v) is 14.6. The highest BCUT2D eigenvalue weighted by Gasteiger charge is 2.36. The number of piperidine rings is 1. The van der Waals surface area contributed by atoms with Gasteiger partial charge in [0.25, 0.3) is 0 Å². The highest BCUT2D eigenvalue weighted by Crippen LogP contribution is 2.36. The molecule has 3 rings (SSSR count). The minimum atomic E-state index is -4.40. The van der Waals surface area contributed by atoms with E-state index in [1.54, 1.807) is 0 Å². The molecule has 3 nitrogen and oxygen atoms in total. The predicted molar refractivity (Wildman–Crippen MR) is 92.4 cm³/mol. The van der Waals surface area contributed by atoms with Crippen LogP contribution in [0.5, 0.6) is 0 Å². The second-order valence-electron chi connectivity index (χ2n) is 6.97. The summed E-state index contributed by atoms with van der Waals surface area (Å²) in [5.41, 5.74) is -0.842. The van der Waals surface area contributed by atoms with E-state index >= 15 is 0 Å². The van der Waals surface area contributed by atoms with Crippen LogP contribution in [0.3, 0.4) is 0 Å². The van der Waals surface area contributed by atoms with Gasteiger partial charge in [-0.05, 0) is 48.2 Å². The molecule has 0 saturated carbocycles. The maximum Gasteiger partial charge on any atom is 0.416 e. The maximum atomic E-state index is 13.0. The Morgan fingerprint density at radius 3 is 2.04 bits per heavy atom. The molecule has 0 unspecified atom stereocenters. The fraction of sp³-hybridized carbons (Fsp3) is 0.400. The number of aliphatic hydroxyl groups is 2. The lowest BCUT2D eigenvalue weighted by Gasteiger charge is -2.39. The fourth-order valence-corrected chi connectivity index (χ4v) is 3.40. The van der Waals surface area contributed by atoms with E-state index in [9.17, 15) is 27.8 Å². The molecule has 0 amide bonds. The lowest BCUT2D eigenvalue weighted by Crippen LogP contribution is -2.44. The summed E-state index contributed by atoms with van der Waals surface area (Å²) < 4.78 is 51.0. The second-order valence-corrected chi connectivity index (χ2v) is 6.97. The average Bonchev–Trinajstić information content (AvgIpc) is 2.64. The normalized spacial score (nSPS) is 19.0. The van der Waals surface area contributed by atoms with E-state index < -0.39 is 23.4 Å². The van der Waals surface area contributed by atoms with Gasteiger partial charge in [-0.25, -0.2) is 4.39 Å². The van der Waals surface area contributed by atoms with Crippen molar-refractivity contribution in [3.05, 3.63) is 71.0 Å². The second kappa shape index (κ2) is 7.58. The topological polar surface area (TPSA) is 43.7 Å². The molecule has 7 heteroatoms. The first kappa shape index (κ1) is 19.8. The van der Waals surface area contributed by atoms with Gasteiger partial charge in [-0.2, -0.15) is 13.2 Å². The van der Waals surface area contributed by atoms with Gasteiger partial charge < -0.3 is 15.1 Å². The van der Waals surface area contributed by atoms with Gasteiger partial charge >= 0.3 is 6.18 Å². The van der Waals surface area contributed by atoms with E-state index in [-0.39, 0.29) is 5.82 Å². The van der Waals surface area contributed by atoms with Gasteiger partial charge in [0.1, 0.15) is 5.82 Å². The number of rotatable bonds is 4. The Bertz CT molecular complexity index is 751. The van der Waals surface area contributed by atoms with Gasteiger partial charge in [-0.15, -0.1) is 0 Å². The summed E-state index contributed by atoms with van der Waals surface area (Å²) >= 11 is 0. The SMILES string of the molecule is O[C@H](CN1CCC(O)(c2ccc(C(F)(F)F)cc2)CC1)c1ccc(F)cc1. The number of hydrogen-bond acceptors (Lipinski definition) is 3. The molecule has 2 aromatic carbocycles. The van der Waals surface area contributed by atoms with Crippen LogP contribution in [0.15, 0.2) is 48.5 Å². The van der Waals surface area contributed by atoms with E-state index in [4.69, 9.17) is 0 Å². The number of likely N-dealkylation sites (tertiary alicyclic amines) is 1. The minimum Gasteiger partial charge on any atom is -0.387 e. The summed E-state index contributed by atoms with van der Waals surface area (Å²) in [6.07, 6.45) is -4.47. The first-order chi connectivity index (χ1) is 12.7. The van der Waals surface area contributed by atoms with Crippen molar-refractivity contribution in [2.75, 3.05) is 19.6 Å². The molecule has 0 aliphatic carbocycles. The van der Waals surface area contributed by atoms with Crippen LogP contribution in [-0.4, -0.2) is 34.7 Å². The summed E-state index contributed by atoms with van der Waals surface area (Å²) in [5.74, 6) is -0.370. The molecule has 1 aliphatic heterocycles. The Kier molecular flexibility index (Phi) is 5.55. The molecular formula is C20H21F4NO2. The average molecular weight is 383 g/mol.